The highest BCUT2D eigenvalue weighted by atomic mass is 79.9. The lowest BCUT2D eigenvalue weighted by Gasteiger charge is -2.04. The molecule has 0 N–H and O–H groups in total. The second kappa shape index (κ2) is 3.39. The Hall–Kier alpha value is -0.410. The fourth-order valence-electron chi connectivity index (χ4n) is 1.36. The quantitative estimate of drug-likeness (QED) is 0.672. The minimum atomic E-state index is -0.0676. The van der Waals surface area contributed by atoms with E-state index in [4.69, 9.17) is 0 Å². The topological polar surface area (TPSA) is 0 Å². The lowest BCUT2D eigenvalue weighted by Crippen LogP contribution is -1.89. The second-order valence-electron chi connectivity index (χ2n) is 2.95. The van der Waals surface area contributed by atoms with Crippen LogP contribution in [0.3, 0.4) is 0 Å². The molecule has 1 heterocycles. The summed E-state index contributed by atoms with van der Waals surface area (Å²) in [6.45, 7) is 1.82. The van der Waals surface area contributed by atoms with Crippen LogP contribution in [-0.4, -0.2) is 0 Å². The average molecular weight is 259 g/mol. The van der Waals surface area contributed by atoms with Gasteiger partial charge >= 0.3 is 0 Å². The van der Waals surface area contributed by atoms with E-state index in [1.54, 1.807) is 0 Å². The average Bonchev–Trinajstić information content (AvgIpc) is 2.59. The summed E-state index contributed by atoms with van der Waals surface area (Å²) in [6, 6.07) is 3.99. The van der Waals surface area contributed by atoms with Gasteiger partial charge in [-0.2, -0.15) is 0 Å². The first-order valence-electron chi connectivity index (χ1n) is 3.95. The predicted molar refractivity (Wildman–Crippen MR) is 59.2 cm³/mol. The number of rotatable bonds is 1. The lowest BCUT2D eigenvalue weighted by atomic mass is 10.1. The van der Waals surface area contributed by atoms with Crippen LogP contribution in [0.5, 0.6) is 0 Å². The molecule has 0 fully saturated rings. The molecule has 0 unspecified atom stereocenters. The highest BCUT2D eigenvalue weighted by Gasteiger charge is 2.09. The molecule has 68 valence electrons. The first kappa shape index (κ1) is 9.16. The van der Waals surface area contributed by atoms with Crippen LogP contribution in [0.4, 0.5) is 4.39 Å². The monoisotopic (exact) mass is 258 g/mol. The van der Waals surface area contributed by atoms with Crippen LogP contribution in [0.25, 0.3) is 10.1 Å². The maximum absolute atomic E-state index is 13.7. The Morgan fingerprint density at radius 3 is 3.00 bits per heavy atom. The van der Waals surface area contributed by atoms with Gasteiger partial charge in [-0.3, -0.25) is 0 Å². The molecule has 0 aliphatic rings. The van der Waals surface area contributed by atoms with Gasteiger partial charge < -0.3 is 0 Å². The maximum Gasteiger partial charge on any atom is 0.144 e. The van der Waals surface area contributed by atoms with Crippen molar-refractivity contribution < 1.29 is 4.39 Å². The minimum Gasteiger partial charge on any atom is -0.205 e. The first-order chi connectivity index (χ1) is 6.24. The Labute approximate surface area is 88.5 Å². The van der Waals surface area contributed by atoms with E-state index in [1.165, 1.54) is 11.3 Å². The van der Waals surface area contributed by atoms with E-state index in [-0.39, 0.29) is 5.82 Å². The van der Waals surface area contributed by atoms with Crippen molar-refractivity contribution in [3.63, 3.8) is 0 Å². The fraction of sp³-hybridized carbons (Fsp3) is 0.200. The molecule has 0 atom stereocenters. The van der Waals surface area contributed by atoms with E-state index in [2.05, 4.69) is 15.9 Å². The van der Waals surface area contributed by atoms with Gasteiger partial charge in [0.15, 0.2) is 0 Å². The third-order valence-corrected chi connectivity index (χ3v) is 3.71. The Morgan fingerprint density at radius 2 is 2.31 bits per heavy atom. The van der Waals surface area contributed by atoms with E-state index in [9.17, 15) is 4.39 Å². The van der Waals surface area contributed by atoms with Crippen molar-refractivity contribution in [3.05, 3.63) is 34.5 Å². The molecule has 13 heavy (non-hydrogen) atoms. The molecule has 0 nitrogen and oxygen atoms in total. The number of thiophene rings is 1. The van der Waals surface area contributed by atoms with Crippen molar-refractivity contribution in [2.75, 3.05) is 0 Å². The molecule has 1 aromatic carbocycles. The Kier molecular flexibility index (Phi) is 2.39. The van der Waals surface area contributed by atoms with Gasteiger partial charge in [-0.1, -0.05) is 15.9 Å². The van der Waals surface area contributed by atoms with Crippen molar-refractivity contribution in [3.8, 4) is 0 Å². The van der Waals surface area contributed by atoms with Gasteiger partial charge in [-0.05, 0) is 40.9 Å². The molecular weight excluding hydrogens is 251 g/mol. The van der Waals surface area contributed by atoms with Crippen LogP contribution in [-0.2, 0) is 5.33 Å². The van der Waals surface area contributed by atoms with Crippen molar-refractivity contribution in [1.82, 2.24) is 0 Å². The zero-order valence-corrected chi connectivity index (χ0v) is 9.51. The third-order valence-electron chi connectivity index (χ3n) is 2.18. The molecule has 2 rings (SSSR count). The standard InChI is InChI=1S/C10H8BrFS/c1-6-8(5-11)4-7-2-3-13-10(7)9(6)12/h2-4H,5H2,1H3. The predicted octanol–water partition coefficient (Wildman–Crippen LogP) is 4.24. The summed E-state index contributed by atoms with van der Waals surface area (Å²) in [4.78, 5) is 0. The van der Waals surface area contributed by atoms with Gasteiger partial charge in [0.1, 0.15) is 5.82 Å². The normalized spacial score (nSPS) is 11.0. The van der Waals surface area contributed by atoms with E-state index < -0.39 is 0 Å². The van der Waals surface area contributed by atoms with Crippen LogP contribution in [0, 0.1) is 12.7 Å². The van der Waals surface area contributed by atoms with Gasteiger partial charge in [0.25, 0.3) is 0 Å². The van der Waals surface area contributed by atoms with Crippen molar-refractivity contribution in [2.45, 2.75) is 12.3 Å². The largest absolute Gasteiger partial charge is 0.205 e. The number of hydrogen-bond acceptors (Lipinski definition) is 1. The molecular formula is C10H8BrFS. The fourth-order valence-corrected chi connectivity index (χ4v) is 2.81. The molecule has 0 radical (unpaired) electrons. The number of fused-ring (bicyclic) bond motifs is 1. The second-order valence-corrected chi connectivity index (χ2v) is 4.42. The summed E-state index contributed by atoms with van der Waals surface area (Å²) in [5, 5.41) is 3.63. The Balaban J connectivity index is 2.83. The first-order valence-corrected chi connectivity index (χ1v) is 5.95. The molecule has 2 aromatic rings. The van der Waals surface area contributed by atoms with Crippen LogP contribution in [0.2, 0.25) is 0 Å². The lowest BCUT2D eigenvalue weighted by molar-refractivity contribution is 0.631. The van der Waals surface area contributed by atoms with Gasteiger partial charge in [-0.25, -0.2) is 4.39 Å². The van der Waals surface area contributed by atoms with Crippen LogP contribution >= 0.6 is 27.3 Å². The van der Waals surface area contributed by atoms with Crippen molar-refractivity contribution in [1.29, 1.82) is 0 Å². The summed E-state index contributed by atoms with van der Waals surface area (Å²) in [5.41, 5.74) is 1.79. The highest BCUT2D eigenvalue weighted by molar-refractivity contribution is 9.08. The SMILES string of the molecule is Cc1c(CBr)cc2ccsc2c1F. The van der Waals surface area contributed by atoms with E-state index in [1.807, 2.05) is 24.4 Å². The molecule has 0 amide bonds. The van der Waals surface area contributed by atoms with Gasteiger partial charge in [0, 0.05) is 5.33 Å². The van der Waals surface area contributed by atoms with Crippen molar-refractivity contribution >= 4 is 37.4 Å². The molecule has 0 saturated heterocycles. The summed E-state index contributed by atoms with van der Waals surface area (Å²) >= 11 is 4.81. The van der Waals surface area contributed by atoms with Crippen LogP contribution < -0.4 is 0 Å². The molecule has 0 bridgehead atoms. The Morgan fingerprint density at radius 1 is 1.54 bits per heavy atom. The summed E-state index contributed by atoms with van der Waals surface area (Å²) in [6.07, 6.45) is 0. The smallest absolute Gasteiger partial charge is 0.144 e. The zero-order chi connectivity index (χ0) is 9.42. The number of halogens is 2. The highest BCUT2D eigenvalue weighted by Crippen LogP contribution is 2.29. The minimum absolute atomic E-state index is 0.0676. The van der Waals surface area contributed by atoms with Gasteiger partial charge in [0.2, 0.25) is 0 Å². The zero-order valence-electron chi connectivity index (χ0n) is 7.10. The summed E-state index contributed by atoms with van der Waals surface area (Å²) < 4.78 is 14.4. The molecule has 0 saturated carbocycles. The number of benzene rings is 1. The van der Waals surface area contributed by atoms with E-state index in [0.29, 0.717) is 5.33 Å². The molecule has 1 aromatic heterocycles. The number of hydrogen-bond donors (Lipinski definition) is 0. The summed E-state index contributed by atoms with van der Waals surface area (Å²) in [7, 11) is 0. The van der Waals surface area contributed by atoms with E-state index >= 15 is 0 Å². The number of alkyl halides is 1. The van der Waals surface area contributed by atoms with Crippen molar-refractivity contribution in [2.24, 2.45) is 0 Å². The molecule has 3 heteroatoms. The van der Waals surface area contributed by atoms with Gasteiger partial charge in [0.05, 0.1) is 4.70 Å². The maximum atomic E-state index is 13.7. The van der Waals surface area contributed by atoms with Crippen LogP contribution in [0.15, 0.2) is 17.5 Å². The van der Waals surface area contributed by atoms with Crippen LogP contribution in [0.1, 0.15) is 11.1 Å². The van der Waals surface area contributed by atoms with E-state index in [0.717, 1.165) is 21.2 Å². The summed E-state index contributed by atoms with van der Waals surface area (Å²) in [5.74, 6) is -0.0676. The third kappa shape index (κ3) is 1.40. The molecule has 0 spiro atoms. The Bertz CT molecular complexity index is 447. The molecule has 0 aliphatic carbocycles. The van der Waals surface area contributed by atoms with Gasteiger partial charge in [-0.15, -0.1) is 11.3 Å². The molecule has 0 aliphatic heterocycles.